The molecule has 2 bridgehead atoms. The zero-order chi connectivity index (χ0) is 21.5. The Bertz CT molecular complexity index is 1080. The average Bonchev–Trinajstić information content (AvgIpc) is 3.46. The van der Waals surface area contributed by atoms with E-state index in [1.807, 2.05) is 0 Å². The average molecular weight is 417 g/mol. The normalized spacial score (nSPS) is 26.1. The van der Waals surface area contributed by atoms with Crippen LogP contribution in [0.4, 0.5) is 5.69 Å². The zero-order valence-corrected chi connectivity index (χ0v) is 16.5. The fraction of sp³-hybridized carbons (Fsp3) is 0.261. The van der Waals surface area contributed by atoms with E-state index in [4.69, 9.17) is 4.74 Å². The fourth-order valence-corrected chi connectivity index (χ4v) is 4.66. The van der Waals surface area contributed by atoms with Gasteiger partial charge in [0.25, 0.3) is 17.5 Å². The summed E-state index contributed by atoms with van der Waals surface area (Å²) in [6, 6.07) is 13.3. The van der Waals surface area contributed by atoms with Crippen molar-refractivity contribution in [2.75, 3.05) is 0 Å². The number of carbonyl (C=O) groups is 2. The SMILES string of the molecule is O=C1[C@@H]2[C@H](C(=O)N1/N=C\c1ccc(OCc3ccc([N+](=O)[O-])cc3)cc1)[C@H]1C=C[C@H]2C1. The third kappa shape index (κ3) is 3.39. The minimum absolute atomic E-state index is 0.0369. The summed E-state index contributed by atoms with van der Waals surface area (Å²) >= 11 is 0. The molecule has 1 heterocycles. The van der Waals surface area contributed by atoms with Crippen molar-refractivity contribution in [2.45, 2.75) is 13.0 Å². The highest BCUT2D eigenvalue weighted by molar-refractivity contribution is 6.06. The van der Waals surface area contributed by atoms with Crippen LogP contribution in [0.15, 0.2) is 65.8 Å². The largest absolute Gasteiger partial charge is 0.489 e. The lowest BCUT2D eigenvalue weighted by Crippen LogP contribution is -2.28. The second kappa shape index (κ2) is 7.46. The smallest absolute Gasteiger partial charge is 0.269 e. The van der Waals surface area contributed by atoms with E-state index in [1.165, 1.54) is 18.3 Å². The first-order chi connectivity index (χ1) is 15.0. The molecule has 2 aromatic rings. The third-order valence-corrected chi connectivity index (χ3v) is 6.20. The first-order valence-corrected chi connectivity index (χ1v) is 10.1. The summed E-state index contributed by atoms with van der Waals surface area (Å²) in [6.45, 7) is 0.279. The number of fused-ring (bicyclic) bond motifs is 5. The third-order valence-electron chi connectivity index (χ3n) is 6.20. The quantitative estimate of drug-likeness (QED) is 0.236. The van der Waals surface area contributed by atoms with Crippen molar-refractivity contribution in [2.24, 2.45) is 28.8 Å². The van der Waals surface area contributed by atoms with Gasteiger partial charge in [0.05, 0.1) is 23.0 Å². The van der Waals surface area contributed by atoms with Gasteiger partial charge in [-0.1, -0.05) is 12.2 Å². The Morgan fingerprint density at radius 2 is 1.61 bits per heavy atom. The van der Waals surface area contributed by atoms with Crippen LogP contribution < -0.4 is 4.74 Å². The number of rotatable bonds is 6. The van der Waals surface area contributed by atoms with Crippen molar-refractivity contribution in [1.29, 1.82) is 0 Å². The first kappa shape index (κ1) is 19.2. The van der Waals surface area contributed by atoms with Gasteiger partial charge in [0, 0.05) is 12.1 Å². The molecular formula is C23H19N3O5. The van der Waals surface area contributed by atoms with Crippen molar-refractivity contribution in [3.63, 3.8) is 0 Å². The molecule has 0 N–H and O–H groups in total. The van der Waals surface area contributed by atoms with E-state index in [2.05, 4.69) is 17.3 Å². The van der Waals surface area contributed by atoms with Gasteiger partial charge in [0.1, 0.15) is 12.4 Å². The molecule has 2 aromatic carbocycles. The number of carbonyl (C=O) groups excluding carboxylic acids is 2. The lowest BCUT2D eigenvalue weighted by molar-refractivity contribution is -0.384. The van der Waals surface area contributed by atoms with Crippen molar-refractivity contribution >= 4 is 23.7 Å². The van der Waals surface area contributed by atoms with Gasteiger partial charge in [-0.15, -0.1) is 0 Å². The molecule has 1 aliphatic heterocycles. The second-order valence-corrected chi connectivity index (χ2v) is 8.01. The number of hydrogen-bond donors (Lipinski definition) is 0. The molecule has 2 amide bonds. The van der Waals surface area contributed by atoms with Gasteiger partial charge in [-0.2, -0.15) is 10.1 Å². The molecule has 2 fully saturated rings. The number of nitro groups is 1. The lowest BCUT2D eigenvalue weighted by atomic mass is 9.85. The van der Waals surface area contributed by atoms with Crippen LogP contribution in [0.2, 0.25) is 0 Å². The Labute approximate surface area is 178 Å². The number of nitro benzene ring substituents is 1. The molecule has 156 valence electrons. The predicted octanol–water partition coefficient (Wildman–Crippen LogP) is 3.31. The van der Waals surface area contributed by atoms with Crippen molar-refractivity contribution in [3.05, 3.63) is 81.9 Å². The Hall–Kier alpha value is -3.81. The lowest BCUT2D eigenvalue weighted by Gasteiger charge is -2.13. The molecule has 3 aliphatic rings. The molecule has 8 nitrogen and oxygen atoms in total. The Kier molecular flexibility index (Phi) is 4.62. The van der Waals surface area contributed by atoms with E-state index in [0.29, 0.717) is 5.75 Å². The highest BCUT2D eigenvalue weighted by atomic mass is 16.6. The van der Waals surface area contributed by atoms with E-state index in [0.717, 1.165) is 22.6 Å². The summed E-state index contributed by atoms with van der Waals surface area (Å²) in [5.41, 5.74) is 1.59. The monoisotopic (exact) mass is 417 g/mol. The molecule has 0 spiro atoms. The number of imide groups is 1. The topological polar surface area (TPSA) is 102 Å². The molecular weight excluding hydrogens is 398 g/mol. The Morgan fingerprint density at radius 1 is 1.00 bits per heavy atom. The summed E-state index contributed by atoms with van der Waals surface area (Å²) in [4.78, 5) is 35.5. The highest BCUT2D eigenvalue weighted by Crippen LogP contribution is 2.52. The number of hydrazone groups is 1. The maximum Gasteiger partial charge on any atom is 0.269 e. The molecule has 0 radical (unpaired) electrons. The summed E-state index contributed by atoms with van der Waals surface area (Å²) in [6.07, 6.45) is 6.51. The minimum Gasteiger partial charge on any atom is -0.489 e. The Morgan fingerprint density at radius 3 is 2.19 bits per heavy atom. The summed E-state index contributed by atoms with van der Waals surface area (Å²) in [5.74, 6) is 0.0423. The van der Waals surface area contributed by atoms with Crippen LogP contribution in [0.1, 0.15) is 17.5 Å². The number of allylic oxidation sites excluding steroid dienone is 2. The molecule has 4 atom stereocenters. The van der Waals surface area contributed by atoms with E-state index < -0.39 is 4.92 Å². The van der Waals surface area contributed by atoms with Crippen molar-refractivity contribution in [3.8, 4) is 5.75 Å². The van der Waals surface area contributed by atoms with E-state index in [9.17, 15) is 19.7 Å². The summed E-state index contributed by atoms with van der Waals surface area (Å²) < 4.78 is 5.70. The van der Waals surface area contributed by atoms with E-state index >= 15 is 0 Å². The van der Waals surface area contributed by atoms with Crippen LogP contribution in [0.3, 0.4) is 0 Å². The molecule has 31 heavy (non-hydrogen) atoms. The molecule has 0 unspecified atom stereocenters. The van der Waals surface area contributed by atoms with Crippen molar-refractivity contribution < 1.29 is 19.2 Å². The van der Waals surface area contributed by atoms with Crippen LogP contribution in [-0.2, 0) is 16.2 Å². The van der Waals surface area contributed by atoms with Crippen molar-refractivity contribution in [1.82, 2.24) is 5.01 Å². The minimum atomic E-state index is -0.443. The molecule has 5 rings (SSSR count). The van der Waals surface area contributed by atoms with Gasteiger partial charge in [0.2, 0.25) is 0 Å². The first-order valence-electron chi connectivity index (χ1n) is 10.1. The molecule has 0 aromatic heterocycles. The number of amides is 2. The number of ether oxygens (including phenoxy) is 1. The van der Waals surface area contributed by atoms with E-state index in [1.54, 1.807) is 36.4 Å². The van der Waals surface area contributed by atoms with Crippen LogP contribution in [0.5, 0.6) is 5.75 Å². The maximum atomic E-state index is 12.6. The zero-order valence-electron chi connectivity index (χ0n) is 16.5. The predicted molar refractivity (Wildman–Crippen MR) is 111 cm³/mol. The van der Waals surface area contributed by atoms with Gasteiger partial charge >= 0.3 is 0 Å². The standard InChI is InChI=1S/C23H19N3O5/c27-22-20-16-5-6-17(11-16)21(20)23(28)25(22)24-12-14-3-9-19(10-4-14)31-13-15-1-7-18(8-2-15)26(29)30/h1-10,12,16-17,20-21H,11,13H2/b24-12-/t16-,17-,20-,21+/m0/s1. The molecule has 2 aliphatic carbocycles. The fourth-order valence-electron chi connectivity index (χ4n) is 4.66. The number of nitrogens with zero attached hydrogens (tertiary/aromatic N) is 3. The Balaban J connectivity index is 1.20. The van der Waals surface area contributed by atoms with Crippen LogP contribution in [0.25, 0.3) is 0 Å². The highest BCUT2D eigenvalue weighted by Gasteiger charge is 2.59. The summed E-state index contributed by atoms with van der Waals surface area (Å²) in [7, 11) is 0. The van der Waals surface area contributed by atoms with Crippen LogP contribution in [0, 0.1) is 33.8 Å². The molecule has 1 saturated carbocycles. The second-order valence-electron chi connectivity index (χ2n) is 8.01. The number of hydrogen-bond acceptors (Lipinski definition) is 6. The van der Waals surface area contributed by atoms with E-state index in [-0.39, 0.29) is 47.8 Å². The number of benzene rings is 2. The van der Waals surface area contributed by atoms with Gasteiger partial charge in [-0.3, -0.25) is 19.7 Å². The maximum absolute atomic E-state index is 12.6. The molecule has 8 heteroatoms. The van der Waals surface area contributed by atoms with Crippen LogP contribution in [-0.4, -0.2) is 28.0 Å². The molecule has 1 saturated heterocycles. The number of non-ortho nitro benzene ring substituents is 1. The van der Waals surface area contributed by atoms with Gasteiger partial charge in [0.15, 0.2) is 0 Å². The van der Waals surface area contributed by atoms with Gasteiger partial charge < -0.3 is 4.74 Å². The van der Waals surface area contributed by atoms with Gasteiger partial charge in [-0.05, 0) is 65.8 Å². The summed E-state index contributed by atoms with van der Waals surface area (Å²) in [5, 5.41) is 15.9. The van der Waals surface area contributed by atoms with Crippen LogP contribution >= 0.6 is 0 Å². The van der Waals surface area contributed by atoms with Gasteiger partial charge in [-0.25, -0.2) is 0 Å².